The number of ether oxygens (including phenoxy) is 4. The van der Waals surface area contributed by atoms with Gasteiger partial charge in [-0.3, -0.25) is 9.29 Å². The predicted octanol–water partition coefficient (Wildman–Crippen LogP) is 5.63. The van der Waals surface area contributed by atoms with Crippen LogP contribution in [0.2, 0.25) is 0 Å². The highest BCUT2D eigenvalue weighted by Crippen LogP contribution is 2.43. The van der Waals surface area contributed by atoms with Gasteiger partial charge in [0.15, 0.2) is 5.67 Å². The molecule has 0 radical (unpaired) electrons. The van der Waals surface area contributed by atoms with Gasteiger partial charge in [-0.1, -0.05) is 48.5 Å². The number of benzene rings is 2. The molecule has 4 heterocycles. The van der Waals surface area contributed by atoms with Gasteiger partial charge in [0.2, 0.25) is 5.88 Å². The van der Waals surface area contributed by atoms with E-state index in [0.29, 0.717) is 18.2 Å². The fourth-order valence-electron chi connectivity index (χ4n) is 6.10. The zero-order valence-electron chi connectivity index (χ0n) is 25.3. The van der Waals surface area contributed by atoms with Crippen LogP contribution in [-0.2, 0) is 22.5 Å². The molecule has 45 heavy (non-hydrogen) atoms. The quantitative estimate of drug-likeness (QED) is 0.207. The number of hydrogen-bond donors (Lipinski definition) is 1. The van der Waals surface area contributed by atoms with E-state index >= 15 is 4.39 Å². The number of nitrogens with zero attached hydrogens (tertiary/aromatic N) is 3. The van der Waals surface area contributed by atoms with Crippen molar-refractivity contribution in [1.82, 2.24) is 19.8 Å². The van der Waals surface area contributed by atoms with Crippen LogP contribution in [0.25, 0.3) is 10.9 Å². The molecule has 0 bridgehead atoms. The summed E-state index contributed by atoms with van der Waals surface area (Å²) < 4.78 is 50.8. The van der Waals surface area contributed by atoms with E-state index in [1.54, 1.807) is 19.4 Å². The van der Waals surface area contributed by atoms with E-state index in [2.05, 4.69) is 20.9 Å². The van der Waals surface area contributed by atoms with Crippen molar-refractivity contribution in [2.75, 3.05) is 59.8 Å². The van der Waals surface area contributed by atoms with Gasteiger partial charge in [-0.25, -0.2) is 14.2 Å². The van der Waals surface area contributed by atoms with Crippen LogP contribution in [0.3, 0.4) is 0 Å². The van der Waals surface area contributed by atoms with Crippen molar-refractivity contribution >= 4 is 17.0 Å². The summed E-state index contributed by atoms with van der Waals surface area (Å²) >= 11 is 0. The van der Waals surface area contributed by atoms with E-state index in [9.17, 15) is 9.18 Å². The number of aromatic nitrogens is 2. The standard InChI is InChI=1S/C34H38F2N4O5/c1-42-29-18-30(44-17-16-39(14-7-13-35)33(41)45-20-24-8-3-2-4-9-24)37-19-27(29)32-31-26(25-10-5-6-11-28(25)38-31)12-15-40(32)21-34(36)22-43-23-34/h2-6,8-11,18-19,32,38H,7,12-17,20-23H2,1H3. The summed E-state index contributed by atoms with van der Waals surface area (Å²) in [6, 6.07) is 18.9. The molecular weight excluding hydrogens is 582 g/mol. The Morgan fingerprint density at radius 2 is 1.96 bits per heavy atom. The van der Waals surface area contributed by atoms with Crippen LogP contribution in [-0.4, -0.2) is 91.3 Å². The second-order valence-corrected chi connectivity index (χ2v) is 11.5. The molecule has 1 N–H and O–H groups in total. The average Bonchev–Trinajstić information content (AvgIpc) is 3.43. The summed E-state index contributed by atoms with van der Waals surface area (Å²) in [5.74, 6) is 0.864. The summed E-state index contributed by atoms with van der Waals surface area (Å²) in [5, 5.41) is 1.16. The van der Waals surface area contributed by atoms with Crippen molar-refractivity contribution in [2.45, 2.75) is 31.2 Å². The van der Waals surface area contributed by atoms with Crippen molar-refractivity contribution in [3.05, 3.63) is 89.2 Å². The smallest absolute Gasteiger partial charge is 0.410 e. The summed E-state index contributed by atoms with van der Waals surface area (Å²) in [6.45, 7) is 1.15. The lowest BCUT2D eigenvalue weighted by Gasteiger charge is -2.43. The number of methoxy groups -OCH3 is 1. The molecular formula is C34H38F2N4O5. The molecule has 1 amide bonds. The van der Waals surface area contributed by atoms with Gasteiger partial charge in [-0.2, -0.15) is 0 Å². The molecule has 1 unspecified atom stereocenters. The van der Waals surface area contributed by atoms with Crippen LogP contribution in [0, 0.1) is 0 Å². The molecule has 6 rings (SSSR count). The van der Waals surface area contributed by atoms with E-state index in [-0.39, 0.29) is 58.5 Å². The number of halogens is 2. The minimum atomic E-state index is -1.40. The molecule has 2 aromatic heterocycles. The molecule has 11 heteroatoms. The number of carbonyl (C=O) groups excluding carboxylic acids is 1. The molecule has 2 aromatic carbocycles. The maximum absolute atomic E-state index is 15.4. The summed E-state index contributed by atoms with van der Waals surface area (Å²) in [5.41, 5.74) is 3.49. The van der Waals surface area contributed by atoms with Crippen molar-refractivity contribution in [1.29, 1.82) is 0 Å². The molecule has 238 valence electrons. The minimum Gasteiger partial charge on any atom is -0.496 e. The highest BCUT2D eigenvalue weighted by molar-refractivity contribution is 5.85. The Kier molecular flexibility index (Phi) is 9.46. The number of para-hydroxylation sites is 1. The van der Waals surface area contributed by atoms with Crippen LogP contribution in [0.1, 0.15) is 34.8 Å². The van der Waals surface area contributed by atoms with Crippen LogP contribution in [0.15, 0.2) is 66.9 Å². The van der Waals surface area contributed by atoms with Crippen LogP contribution >= 0.6 is 0 Å². The third kappa shape index (κ3) is 6.89. The summed E-state index contributed by atoms with van der Waals surface area (Å²) in [6.07, 6.45) is 2.16. The second kappa shape index (κ2) is 13.8. The van der Waals surface area contributed by atoms with E-state index in [1.807, 2.05) is 48.5 Å². The Bertz CT molecular complexity index is 1600. The number of nitrogens with one attached hydrogen (secondary N) is 1. The largest absolute Gasteiger partial charge is 0.496 e. The third-order valence-electron chi connectivity index (χ3n) is 8.36. The van der Waals surface area contributed by atoms with Crippen LogP contribution in [0.5, 0.6) is 11.6 Å². The lowest BCUT2D eigenvalue weighted by atomic mass is 9.90. The Morgan fingerprint density at radius 1 is 1.16 bits per heavy atom. The molecule has 0 spiro atoms. The van der Waals surface area contributed by atoms with Gasteiger partial charge in [0.25, 0.3) is 0 Å². The number of amides is 1. The maximum Gasteiger partial charge on any atom is 0.410 e. The number of hydrogen-bond acceptors (Lipinski definition) is 7. The van der Waals surface area contributed by atoms with Crippen molar-refractivity contribution in [3.63, 3.8) is 0 Å². The first kappa shape index (κ1) is 30.8. The number of H-pyrrole nitrogens is 1. The first-order chi connectivity index (χ1) is 22.0. The predicted molar refractivity (Wildman–Crippen MR) is 165 cm³/mol. The second-order valence-electron chi connectivity index (χ2n) is 11.5. The van der Waals surface area contributed by atoms with Gasteiger partial charge < -0.3 is 28.8 Å². The Balaban J connectivity index is 1.18. The molecule has 2 aliphatic rings. The van der Waals surface area contributed by atoms with Crippen LogP contribution in [0.4, 0.5) is 13.6 Å². The van der Waals surface area contributed by atoms with E-state index in [1.165, 1.54) is 10.5 Å². The lowest BCUT2D eigenvalue weighted by molar-refractivity contribution is -0.144. The fraction of sp³-hybridized carbons (Fsp3) is 0.412. The van der Waals surface area contributed by atoms with Gasteiger partial charge in [0, 0.05) is 54.1 Å². The zero-order valence-corrected chi connectivity index (χ0v) is 25.3. The highest BCUT2D eigenvalue weighted by atomic mass is 19.1. The molecule has 1 atom stereocenters. The monoisotopic (exact) mass is 620 g/mol. The van der Waals surface area contributed by atoms with Crippen molar-refractivity contribution < 1.29 is 32.5 Å². The van der Waals surface area contributed by atoms with E-state index in [0.717, 1.165) is 34.1 Å². The van der Waals surface area contributed by atoms with Crippen molar-refractivity contribution in [3.8, 4) is 11.6 Å². The number of alkyl halides is 2. The normalized spacial score (nSPS) is 17.4. The molecule has 0 saturated carbocycles. The number of pyridine rings is 1. The third-order valence-corrected chi connectivity index (χ3v) is 8.36. The molecule has 1 fully saturated rings. The minimum absolute atomic E-state index is 0.0834. The average molecular weight is 621 g/mol. The molecule has 9 nitrogen and oxygen atoms in total. The topological polar surface area (TPSA) is 89.2 Å². The molecule has 2 aliphatic heterocycles. The summed E-state index contributed by atoms with van der Waals surface area (Å²) in [4.78, 5) is 24.5. The van der Waals surface area contributed by atoms with Crippen LogP contribution < -0.4 is 9.47 Å². The van der Waals surface area contributed by atoms with Crippen molar-refractivity contribution in [2.24, 2.45) is 0 Å². The number of aromatic amines is 1. The summed E-state index contributed by atoms with van der Waals surface area (Å²) in [7, 11) is 1.58. The number of rotatable bonds is 13. The van der Waals surface area contributed by atoms with Gasteiger partial charge in [0.05, 0.1) is 39.6 Å². The van der Waals surface area contributed by atoms with Gasteiger partial charge >= 0.3 is 6.09 Å². The van der Waals surface area contributed by atoms with E-state index < -0.39 is 18.4 Å². The first-order valence-electron chi connectivity index (χ1n) is 15.3. The SMILES string of the molecule is COc1cc(OCCN(CCCF)C(=O)OCc2ccccc2)ncc1C1c2[nH]c3ccccc3c2CCN1CC1(F)COC1. The fourth-order valence-corrected chi connectivity index (χ4v) is 6.10. The molecule has 4 aromatic rings. The van der Waals surface area contributed by atoms with E-state index in [4.69, 9.17) is 18.9 Å². The Hall–Kier alpha value is -4.22. The molecule has 1 saturated heterocycles. The lowest BCUT2D eigenvalue weighted by Crippen LogP contribution is -2.55. The highest BCUT2D eigenvalue weighted by Gasteiger charge is 2.44. The zero-order chi connectivity index (χ0) is 31.2. The molecule has 0 aliphatic carbocycles. The Morgan fingerprint density at radius 3 is 2.71 bits per heavy atom. The maximum atomic E-state index is 15.4. The first-order valence-corrected chi connectivity index (χ1v) is 15.3. The number of carbonyl (C=O) groups is 1. The number of fused-ring (bicyclic) bond motifs is 3. The van der Waals surface area contributed by atoms with Gasteiger partial charge in [-0.15, -0.1) is 0 Å². The Labute approximate surface area is 261 Å². The van der Waals surface area contributed by atoms with Gasteiger partial charge in [-0.05, 0) is 30.0 Å². The van der Waals surface area contributed by atoms with Gasteiger partial charge in [0.1, 0.15) is 19.0 Å².